The van der Waals surface area contributed by atoms with Gasteiger partial charge in [0.05, 0.1) is 5.57 Å². The Balaban J connectivity index is 0.000000182. The molecule has 7 heteroatoms. The summed E-state index contributed by atoms with van der Waals surface area (Å²) < 4.78 is 31.7. The lowest BCUT2D eigenvalue weighted by atomic mass is 9.92. The fraction of sp³-hybridized carbons (Fsp3) is 0.0769. The van der Waals surface area contributed by atoms with Crippen LogP contribution >= 0.6 is 0 Å². The second-order valence-electron chi connectivity index (χ2n) is 4.00. The number of carboxylic acids is 2. The molecule has 0 atom stereocenters. The van der Waals surface area contributed by atoms with E-state index >= 15 is 0 Å². The molecule has 2 aliphatic rings. The number of carbonyl (C=O) groups is 2. The Labute approximate surface area is 109 Å². The van der Waals surface area contributed by atoms with Crippen molar-refractivity contribution >= 4 is 29.2 Å². The fourth-order valence-electron chi connectivity index (χ4n) is 2.00. The third kappa shape index (κ3) is 2.18. The number of hydrogen-bond donors (Lipinski definition) is 2. The quantitative estimate of drug-likeness (QED) is 0.798. The van der Waals surface area contributed by atoms with Crippen molar-refractivity contribution in [2.45, 2.75) is 6.18 Å². The molecule has 2 N–H and O–H groups in total. The number of carboxylic acid groups (broad SMARTS) is 2. The zero-order valence-electron chi connectivity index (χ0n) is 9.73. The van der Waals surface area contributed by atoms with Gasteiger partial charge in [-0.25, -0.2) is 9.59 Å². The Bertz CT molecular complexity index is 757. The van der Waals surface area contributed by atoms with Crippen LogP contribution in [0.15, 0.2) is 24.3 Å². The van der Waals surface area contributed by atoms with Gasteiger partial charge in [0, 0.05) is 0 Å². The van der Waals surface area contributed by atoms with Gasteiger partial charge in [0.1, 0.15) is 0 Å². The normalized spacial score (nSPS) is 14.2. The Hall–Kier alpha value is -2.57. The van der Waals surface area contributed by atoms with Crippen molar-refractivity contribution in [3.63, 3.8) is 0 Å². The van der Waals surface area contributed by atoms with Crippen molar-refractivity contribution < 1.29 is 33.0 Å². The predicted octanol–water partition coefficient (Wildman–Crippen LogP) is 0.746. The standard InChI is InChI=1S/C11H6O2.C2HF3O2/c12-11(13)10-7-3-1-2-6-4-5-8(10)9(6)7;3-2(4,5)1(6)7/h1-5H,(H,12,13);(H,6,7). The second-order valence-corrected chi connectivity index (χ2v) is 4.00. The highest BCUT2D eigenvalue weighted by molar-refractivity contribution is 6.30. The summed E-state index contributed by atoms with van der Waals surface area (Å²) in [4.78, 5) is 19.7. The van der Waals surface area contributed by atoms with Crippen LogP contribution < -0.4 is 10.4 Å². The summed E-state index contributed by atoms with van der Waals surface area (Å²) in [5.74, 6) is -3.58. The van der Waals surface area contributed by atoms with Crippen LogP contribution in [0, 0.1) is 0 Å². The summed E-state index contributed by atoms with van der Waals surface area (Å²) in [5.41, 5.74) is 2.49. The maximum atomic E-state index is 10.8. The lowest BCUT2D eigenvalue weighted by Gasteiger charge is -2.11. The van der Waals surface area contributed by atoms with Gasteiger partial charge < -0.3 is 10.2 Å². The molecule has 20 heavy (non-hydrogen) atoms. The molecule has 104 valence electrons. The van der Waals surface area contributed by atoms with Crippen LogP contribution in [0.5, 0.6) is 0 Å². The van der Waals surface area contributed by atoms with Crippen LogP contribution in [0.2, 0.25) is 0 Å². The maximum Gasteiger partial charge on any atom is 0.490 e. The smallest absolute Gasteiger partial charge is 0.478 e. The summed E-state index contributed by atoms with van der Waals surface area (Å²) in [5, 5.41) is 18.0. The number of allylic oxidation sites excluding steroid dienone is 1. The number of halogens is 3. The highest BCUT2D eigenvalue weighted by Gasteiger charge is 2.38. The van der Waals surface area contributed by atoms with Crippen molar-refractivity contribution in [2.24, 2.45) is 0 Å². The van der Waals surface area contributed by atoms with Crippen molar-refractivity contribution in [2.75, 3.05) is 0 Å². The Morgan fingerprint density at radius 2 is 1.65 bits per heavy atom. The van der Waals surface area contributed by atoms with Crippen LogP contribution in [0.25, 0.3) is 17.2 Å². The molecule has 1 aromatic rings. The largest absolute Gasteiger partial charge is 0.490 e. The minimum Gasteiger partial charge on any atom is -0.478 e. The van der Waals surface area contributed by atoms with E-state index in [1.807, 2.05) is 30.4 Å². The van der Waals surface area contributed by atoms with Crippen molar-refractivity contribution in [3.8, 4) is 0 Å². The average molecular weight is 284 g/mol. The monoisotopic (exact) mass is 284 g/mol. The van der Waals surface area contributed by atoms with E-state index in [2.05, 4.69) is 0 Å². The van der Waals surface area contributed by atoms with Crippen molar-refractivity contribution in [1.82, 2.24) is 0 Å². The highest BCUT2D eigenvalue weighted by Crippen LogP contribution is 2.22. The summed E-state index contributed by atoms with van der Waals surface area (Å²) in [6, 6.07) is 5.75. The van der Waals surface area contributed by atoms with E-state index in [1.54, 1.807) is 0 Å². The van der Waals surface area contributed by atoms with Gasteiger partial charge >= 0.3 is 18.1 Å². The van der Waals surface area contributed by atoms with Gasteiger partial charge in [-0.05, 0) is 21.6 Å². The Morgan fingerprint density at radius 1 is 1.05 bits per heavy atom. The lowest BCUT2D eigenvalue weighted by Crippen LogP contribution is -2.40. The minimum absolute atomic E-state index is 0.464. The maximum absolute atomic E-state index is 10.8. The summed E-state index contributed by atoms with van der Waals surface area (Å²) >= 11 is 0. The summed E-state index contributed by atoms with van der Waals surface area (Å²) in [7, 11) is 0. The number of benzene rings is 1. The molecule has 2 aliphatic carbocycles. The van der Waals surface area contributed by atoms with Gasteiger partial charge in [0.2, 0.25) is 0 Å². The molecule has 0 fully saturated rings. The molecule has 4 nitrogen and oxygen atoms in total. The first-order chi connectivity index (χ1) is 9.23. The van der Waals surface area contributed by atoms with Crippen LogP contribution in [-0.4, -0.2) is 28.3 Å². The van der Waals surface area contributed by atoms with Gasteiger partial charge in [-0.1, -0.05) is 30.4 Å². The van der Waals surface area contributed by atoms with Crippen LogP contribution in [-0.2, 0) is 9.59 Å². The number of aliphatic carboxylic acids is 2. The highest BCUT2D eigenvalue weighted by atomic mass is 19.4. The van der Waals surface area contributed by atoms with Gasteiger partial charge in [0.15, 0.2) is 0 Å². The lowest BCUT2D eigenvalue weighted by molar-refractivity contribution is -0.192. The Morgan fingerprint density at radius 3 is 2.15 bits per heavy atom. The molecule has 0 saturated carbocycles. The van der Waals surface area contributed by atoms with Crippen molar-refractivity contribution in [3.05, 3.63) is 40.3 Å². The fourth-order valence-corrected chi connectivity index (χ4v) is 2.00. The van der Waals surface area contributed by atoms with Gasteiger partial charge in [0.25, 0.3) is 0 Å². The molecule has 0 bridgehead atoms. The third-order valence-electron chi connectivity index (χ3n) is 2.79. The molecular formula is C13H7F3O4. The van der Waals surface area contributed by atoms with E-state index in [0.717, 1.165) is 21.6 Å². The SMILES string of the molecule is O=C(O)C(F)(F)F.O=C(O)C1=c2cccc3c2=C1C=C3. The molecule has 0 aliphatic heterocycles. The predicted molar refractivity (Wildman–Crippen MR) is 62.9 cm³/mol. The van der Waals surface area contributed by atoms with E-state index in [0.29, 0.717) is 5.57 Å². The molecule has 1 aromatic carbocycles. The Kier molecular flexibility index (Phi) is 3.13. The number of rotatable bonds is 1. The second kappa shape index (κ2) is 4.52. The molecule has 0 heterocycles. The average Bonchev–Trinajstić information content (AvgIpc) is 2.68. The van der Waals surface area contributed by atoms with Crippen LogP contribution in [0.1, 0.15) is 5.56 Å². The van der Waals surface area contributed by atoms with E-state index in [9.17, 15) is 18.0 Å². The third-order valence-corrected chi connectivity index (χ3v) is 2.79. The summed E-state index contributed by atoms with van der Waals surface area (Å²) in [6.07, 6.45) is -1.24. The number of alkyl halides is 3. The molecule has 0 saturated heterocycles. The first-order valence-electron chi connectivity index (χ1n) is 5.33. The van der Waals surface area contributed by atoms with Crippen molar-refractivity contribution in [1.29, 1.82) is 0 Å². The van der Waals surface area contributed by atoms with Crippen LogP contribution in [0.3, 0.4) is 0 Å². The van der Waals surface area contributed by atoms with Gasteiger partial charge in [-0.15, -0.1) is 0 Å². The first kappa shape index (κ1) is 13.9. The van der Waals surface area contributed by atoms with E-state index in [1.165, 1.54) is 0 Å². The molecule has 0 radical (unpaired) electrons. The van der Waals surface area contributed by atoms with Gasteiger partial charge in [-0.2, -0.15) is 13.2 Å². The number of hydrogen-bond acceptors (Lipinski definition) is 2. The molecule has 0 unspecified atom stereocenters. The molecular weight excluding hydrogens is 277 g/mol. The van der Waals surface area contributed by atoms with E-state index < -0.39 is 18.1 Å². The summed E-state index contributed by atoms with van der Waals surface area (Å²) in [6.45, 7) is 0. The minimum atomic E-state index is -5.08. The topological polar surface area (TPSA) is 74.6 Å². The van der Waals surface area contributed by atoms with Gasteiger partial charge in [-0.3, -0.25) is 0 Å². The molecule has 0 spiro atoms. The molecule has 3 rings (SSSR count). The zero-order chi connectivity index (χ0) is 15.1. The first-order valence-corrected chi connectivity index (χ1v) is 5.33. The van der Waals surface area contributed by atoms with Crippen LogP contribution in [0.4, 0.5) is 13.2 Å². The van der Waals surface area contributed by atoms with E-state index in [4.69, 9.17) is 15.0 Å². The van der Waals surface area contributed by atoms with E-state index in [-0.39, 0.29) is 0 Å². The molecule has 0 amide bonds. The molecule has 0 aromatic heterocycles. The zero-order valence-corrected chi connectivity index (χ0v) is 9.73.